The number of hydrogen-bond donors (Lipinski definition) is 1. The van der Waals surface area contributed by atoms with E-state index in [9.17, 15) is 44.6 Å². The standard InChI is InChI=1S/C13H11F9N2O/c14-4-1-3(2-5(15)7(4)16)24-8-6(10(23-24)13(20,21)22)11(25)12(18,19)9(8)17/h3-5,7,9,11,25H,1-2H2/t3-,4-,5+,7-,9-,11+/m1/s1. The summed E-state index contributed by atoms with van der Waals surface area (Å²) >= 11 is 0. The molecule has 12 heteroatoms. The van der Waals surface area contributed by atoms with Crippen molar-refractivity contribution in [2.45, 2.75) is 61.8 Å². The van der Waals surface area contributed by atoms with Gasteiger partial charge in [0.15, 0.2) is 11.9 Å². The second-order valence-corrected chi connectivity index (χ2v) is 6.13. The van der Waals surface area contributed by atoms with E-state index in [2.05, 4.69) is 5.10 Å². The fraction of sp³-hybridized carbons (Fsp3) is 0.769. The zero-order chi connectivity index (χ0) is 18.9. The molecule has 0 aliphatic heterocycles. The number of nitrogens with zero attached hydrogens (tertiary/aromatic N) is 2. The summed E-state index contributed by atoms with van der Waals surface area (Å²) in [7, 11) is 0. The molecule has 1 heterocycles. The molecule has 2 aliphatic carbocycles. The average Bonchev–Trinajstić information content (AvgIpc) is 2.96. The van der Waals surface area contributed by atoms with Crippen molar-refractivity contribution in [3.63, 3.8) is 0 Å². The Morgan fingerprint density at radius 2 is 1.56 bits per heavy atom. The van der Waals surface area contributed by atoms with Crippen LogP contribution in [0.1, 0.15) is 48.1 Å². The highest BCUT2D eigenvalue weighted by Crippen LogP contribution is 2.56. The highest BCUT2D eigenvalue weighted by atomic mass is 19.4. The molecule has 0 unspecified atom stereocenters. The number of aliphatic hydroxyl groups is 1. The fourth-order valence-electron chi connectivity index (χ4n) is 3.29. The van der Waals surface area contributed by atoms with Gasteiger partial charge in [-0.3, -0.25) is 4.68 Å². The smallest absolute Gasteiger partial charge is 0.382 e. The first kappa shape index (κ1) is 18.3. The van der Waals surface area contributed by atoms with E-state index in [1.54, 1.807) is 0 Å². The van der Waals surface area contributed by atoms with Crippen LogP contribution in [0.3, 0.4) is 0 Å². The Balaban J connectivity index is 2.13. The SMILES string of the molecule is O[C@H]1c2c(C(F)(F)F)nn([C@@H]3C[C@@H](F)[C@@H](F)[C@@H](F)C3)c2[C@@H](F)C1(F)F. The van der Waals surface area contributed by atoms with Gasteiger partial charge in [0.05, 0.1) is 11.7 Å². The van der Waals surface area contributed by atoms with Crippen LogP contribution in [0.25, 0.3) is 0 Å². The third-order valence-corrected chi connectivity index (χ3v) is 4.50. The Morgan fingerprint density at radius 3 is 2.04 bits per heavy atom. The van der Waals surface area contributed by atoms with Crippen LogP contribution in [0, 0.1) is 0 Å². The Morgan fingerprint density at radius 1 is 1.04 bits per heavy atom. The predicted molar refractivity (Wildman–Crippen MR) is 63.9 cm³/mol. The summed E-state index contributed by atoms with van der Waals surface area (Å²) in [5, 5.41) is 12.4. The molecule has 2 aliphatic rings. The van der Waals surface area contributed by atoms with Gasteiger partial charge in [0.25, 0.3) is 0 Å². The number of rotatable bonds is 1. The maximum atomic E-state index is 14.0. The Bertz CT molecular complexity index is 661. The van der Waals surface area contributed by atoms with E-state index in [1.165, 1.54) is 0 Å². The molecule has 1 saturated carbocycles. The van der Waals surface area contributed by atoms with Crippen molar-refractivity contribution >= 4 is 0 Å². The van der Waals surface area contributed by atoms with Crippen molar-refractivity contribution in [3.05, 3.63) is 17.0 Å². The van der Waals surface area contributed by atoms with Crippen molar-refractivity contribution in [1.29, 1.82) is 0 Å². The molecule has 0 bridgehead atoms. The molecule has 0 radical (unpaired) electrons. The fourth-order valence-corrected chi connectivity index (χ4v) is 3.29. The summed E-state index contributed by atoms with van der Waals surface area (Å²) in [5.41, 5.74) is -4.70. The number of aromatic nitrogens is 2. The largest absolute Gasteiger partial charge is 0.435 e. The zero-order valence-electron chi connectivity index (χ0n) is 12.1. The van der Waals surface area contributed by atoms with Crippen molar-refractivity contribution in [2.75, 3.05) is 0 Å². The number of halogens is 9. The van der Waals surface area contributed by atoms with Gasteiger partial charge >= 0.3 is 12.1 Å². The summed E-state index contributed by atoms with van der Waals surface area (Å²) in [5.74, 6) is -4.56. The Labute approximate surface area is 134 Å². The monoisotopic (exact) mass is 382 g/mol. The van der Waals surface area contributed by atoms with Gasteiger partial charge in [0.1, 0.15) is 18.4 Å². The summed E-state index contributed by atoms with van der Waals surface area (Å²) in [6.45, 7) is 0. The van der Waals surface area contributed by atoms with Gasteiger partial charge in [-0.2, -0.15) is 27.1 Å². The van der Waals surface area contributed by atoms with Crippen LogP contribution in [0.2, 0.25) is 0 Å². The van der Waals surface area contributed by atoms with Gasteiger partial charge in [-0.05, 0) is 0 Å². The summed E-state index contributed by atoms with van der Waals surface area (Å²) in [6.07, 6.45) is -20.8. The van der Waals surface area contributed by atoms with E-state index >= 15 is 0 Å². The number of fused-ring (bicyclic) bond motifs is 1. The summed E-state index contributed by atoms with van der Waals surface area (Å²) < 4.78 is 121. The second-order valence-electron chi connectivity index (χ2n) is 6.13. The molecule has 1 N–H and O–H groups in total. The molecular weight excluding hydrogens is 371 g/mol. The highest BCUT2D eigenvalue weighted by molar-refractivity contribution is 5.40. The van der Waals surface area contributed by atoms with Crippen LogP contribution in [0.5, 0.6) is 0 Å². The first-order valence-corrected chi connectivity index (χ1v) is 7.19. The van der Waals surface area contributed by atoms with Crippen LogP contribution in [-0.4, -0.2) is 39.3 Å². The lowest BCUT2D eigenvalue weighted by Gasteiger charge is -2.31. The van der Waals surface area contributed by atoms with Crippen LogP contribution >= 0.6 is 0 Å². The van der Waals surface area contributed by atoms with E-state index in [0.29, 0.717) is 0 Å². The zero-order valence-corrected chi connectivity index (χ0v) is 12.1. The van der Waals surface area contributed by atoms with Crippen LogP contribution < -0.4 is 0 Å². The second kappa shape index (κ2) is 5.52. The normalized spacial score (nSPS) is 38.0. The van der Waals surface area contributed by atoms with E-state index in [0.717, 1.165) is 0 Å². The minimum absolute atomic E-state index is 0.123. The molecule has 142 valence electrons. The quantitative estimate of drug-likeness (QED) is 0.748. The lowest BCUT2D eigenvalue weighted by atomic mass is 9.90. The number of alkyl halides is 9. The molecule has 0 saturated heterocycles. The molecule has 1 aromatic heterocycles. The van der Waals surface area contributed by atoms with Crippen LogP contribution in [0.4, 0.5) is 39.5 Å². The highest BCUT2D eigenvalue weighted by Gasteiger charge is 2.62. The Hall–Kier alpha value is -1.46. The number of aliphatic hydroxyl groups excluding tert-OH is 1. The van der Waals surface area contributed by atoms with E-state index in [-0.39, 0.29) is 4.68 Å². The minimum Gasteiger partial charge on any atom is -0.382 e. The topological polar surface area (TPSA) is 38.1 Å². The molecule has 3 rings (SSSR count). The third-order valence-electron chi connectivity index (χ3n) is 4.50. The van der Waals surface area contributed by atoms with Crippen molar-refractivity contribution in [2.24, 2.45) is 0 Å². The summed E-state index contributed by atoms with van der Waals surface area (Å²) in [6, 6.07) is -1.60. The van der Waals surface area contributed by atoms with Crippen molar-refractivity contribution in [1.82, 2.24) is 9.78 Å². The van der Waals surface area contributed by atoms with Gasteiger partial charge in [-0.1, -0.05) is 0 Å². The van der Waals surface area contributed by atoms with Crippen LogP contribution in [0.15, 0.2) is 0 Å². The third kappa shape index (κ3) is 2.59. The lowest BCUT2D eigenvalue weighted by molar-refractivity contribution is -0.157. The van der Waals surface area contributed by atoms with E-state index in [4.69, 9.17) is 0 Å². The Kier molecular flexibility index (Phi) is 4.05. The van der Waals surface area contributed by atoms with Gasteiger partial charge in [0.2, 0.25) is 6.17 Å². The van der Waals surface area contributed by atoms with Crippen LogP contribution in [-0.2, 0) is 6.18 Å². The average molecular weight is 382 g/mol. The molecule has 0 spiro atoms. The molecule has 3 nitrogen and oxygen atoms in total. The predicted octanol–water partition coefficient (Wildman–Crippen LogP) is 3.94. The molecule has 1 aromatic rings. The van der Waals surface area contributed by atoms with Gasteiger partial charge in [0, 0.05) is 18.4 Å². The first-order chi connectivity index (χ1) is 11.4. The maximum absolute atomic E-state index is 14.0. The number of hydrogen-bond acceptors (Lipinski definition) is 2. The molecule has 0 aromatic carbocycles. The van der Waals surface area contributed by atoms with Crippen molar-refractivity contribution in [3.8, 4) is 0 Å². The molecule has 0 amide bonds. The maximum Gasteiger partial charge on any atom is 0.435 e. The first-order valence-electron chi connectivity index (χ1n) is 7.19. The molecule has 1 fully saturated rings. The molecular formula is C13H11F9N2O. The summed E-state index contributed by atoms with van der Waals surface area (Å²) in [4.78, 5) is 0. The lowest BCUT2D eigenvalue weighted by Crippen LogP contribution is -2.39. The minimum atomic E-state index is -5.31. The van der Waals surface area contributed by atoms with Gasteiger partial charge < -0.3 is 5.11 Å². The molecule has 6 atom stereocenters. The van der Waals surface area contributed by atoms with E-state index < -0.39 is 78.7 Å². The van der Waals surface area contributed by atoms with Gasteiger partial charge in [-0.15, -0.1) is 0 Å². The van der Waals surface area contributed by atoms with E-state index in [1.807, 2.05) is 0 Å². The molecule has 25 heavy (non-hydrogen) atoms. The van der Waals surface area contributed by atoms with Gasteiger partial charge in [-0.25, -0.2) is 17.6 Å². The van der Waals surface area contributed by atoms with Crippen molar-refractivity contribution < 1.29 is 44.6 Å².